The number of carboxylic acids is 1. The molecule has 1 fully saturated rings. The fourth-order valence-corrected chi connectivity index (χ4v) is 4.26. The molecule has 32 heavy (non-hydrogen) atoms. The Morgan fingerprint density at radius 2 is 2.03 bits per heavy atom. The van der Waals surface area contributed by atoms with Gasteiger partial charge in [0.1, 0.15) is 5.54 Å². The molecule has 2 N–H and O–H groups in total. The number of amides is 1. The van der Waals surface area contributed by atoms with Crippen molar-refractivity contribution in [1.82, 2.24) is 10.3 Å². The van der Waals surface area contributed by atoms with Crippen LogP contribution < -0.4 is 14.8 Å². The van der Waals surface area contributed by atoms with Crippen LogP contribution in [0, 0.1) is 5.92 Å². The molecule has 8 heteroatoms. The first kappa shape index (κ1) is 23.9. The molecule has 2 aromatic rings. The summed E-state index contributed by atoms with van der Waals surface area (Å²) in [4.78, 5) is 29.1. The van der Waals surface area contributed by atoms with E-state index in [9.17, 15) is 14.7 Å². The van der Waals surface area contributed by atoms with Crippen LogP contribution in [0.25, 0.3) is 0 Å². The molecule has 0 atom stereocenters. The first-order chi connectivity index (χ1) is 15.4. The van der Waals surface area contributed by atoms with Crippen LogP contribution in [-0.4, -0.2) is 41.2 Å². The number of nitrogens with zero attached hydrogens (tertiary/aromatic N) is 1. The highest BCUT2D eigenvalue weighted by atomic mass is 35.5. The van der Waals surface area contributed by atoms with Crippen LogP contribution >= 0.6 is 11.6 Å². The standard InChI is InChI=1S/C24H29ClN2O5/c1-3-16-7-10-24(11-8-16,23(29)30)27-21(28)18-14-20(22(31-2)26-15-18)32-12-9-17-5-4-6-19(25)13-17/h4-6,13-16H,3,7-12H2,1-2H3,(H,27,28)(H,29,30)/t16-,24+. The third-order valence-electron chi connectivity index (χ3n) is 6.11. The highest BCUT2D eigenvalue weighted by Crippen LogP contribution is 2.34. The van der Waals surface area contributed by atoms with E-state index in [1.54, 1.807) is 6.07 Å². The summed E-state index contributed by atoms with van der Waals surface area (Å²) in [5, 5.41) is 13.2. The van der Waals surface area contributed by atoms with Gasteiger partial charge in [0.2, 0.25) is 0 Å². The van der Waals surface area contributed by atoms with Gasteiger partial charge in [-0.2, -0.15) is 0 Å². The van der Waals surface area contributed by atoms with Gasteiger partial charge in [0.15, 0.2) is 5.75 Å². The molecule has 1 aliphatic rings. The summed E-state index contributed by atoms with van der Waals surface area (Å²) in [6.07, 6.45) is 5.38. The lowest BCUT2D eigenvalue weighted by atomic mass is 9.75. The Labute approximate surface area is 193 Å². The van der Waals surface area contributed by atoms with Gasteiger partial charge in [-0.1, -0.05) is 37.1 Å². The number of hydrogen-bond donors (Lipinski definition) is 2. The Kier molecular flexibility index (Phi) is 7.96. The average molecular weight is 461 g/mol. The van der Waals surface area contributed by atoms with Crippen molar-refractivity contribution in [1.29, 1.82) is 0 Å². The smallest absolute Gasteiger partial charge is 0.329 e. The summed E-state index contributed by atoms with van der Waals surface area (Å²) in [5.41, 5.74) is -0.0118. The number of aromatic nitrogens is 1. The first-order valence-corrected chi connectivity index (χ1v) is 11.2. The molecule has 1 aromatic heterocycles. The van der Waals surface area contributed by atoms with Crippen LogP contribution in [-0.2, 0) is 11.2 Å². The zero-order valence-electron chi connectivity index (χ0n) is 18.4. The number of hydrogen-bond acceptors (Lipinski definition) is 5. The molecule has 0 saturated heterocycles. The number of aliphatic carboxylic acids is 1. The summed E-state index contributed by atoms with van der Waals surface area (Å²) in [6.45, 7) is 2.44. The molecule has 0 unspecified atom stereocenters. The second-order valence-corrected chi connectivity index (χ2v) is 8.59. The Bertz CT molecular complexity index is 957. The molecule has 1 aromatic carbocycles. The number of halogens is 1. The Hall–Kier alpha value is -2.80. The molecule has 0 spiro atoms. The number of carbonyl (C=O) groups is 2. The number of rotatable bonds is 9. The predicted molar refractivity (Wildman–Crippen MR) is 122 cm³/mol. The number of nitrogens with one attached hydrogen (secondary N) is 1. The van der Waals surface area contributed by atoms with E-state index >= 15 is 0 Å². The number of ether oxygens (including phenoxy) is 2. The van der Waals surface area contributed by atoms with Crippen molar-refractivity contribution in [2.75, 3.05) is 13.7 Å². The lowest BCUT2D eigenvalue weighted by molar-refractivity contribution is -0.146. The Balaban J connectivity index is 1.70. The lowest BCUT2D eigenvalue weighted by Crippen LogP contribution is -2.56. The normalized spacial score (nSPS) is 20.4. The zero-order chi connectivity index (χ0) is 23.1. The third kappa shape index (κ3) is 5.71. The Morgan fingerprint density at radius 3 is 2.66 bits per heavy atom. The molecule has 1 heterocycles. The van der Waals surface area contributed by atoms with Gasteiger partial charge in [-0.25, -0.2) is 9.78 Å². The van der Waals surface area contributed by atoms with Gasteiger partial charge in [0.25, 0.3) is 11.8 Å². The number of benzene rings is 1. The molecule has 3 rings (SSSR count). The molecule has 1 amide bonds. The fraction of sp³-hybridized carbons (Fsp3) is 0.458. The van der Waals surface area contributed by atoms with Gasteiger partial charge in [-0.05, 0) is 49.3 Å². The minimum absolute atomic E-state index is 0.224. The van der Waals surface area contributed by atoms with Crippen molar-refractivity contribution in [3.63, 3.8) is 0 Å². The van der Waals surface area contributed by atoms with Crippen LogP contribution in [0.4, 0.5) is 0 Å². The average Bonchev–Trinajstić information content (AvgIpc) is 2.79. The van der Waals surface area contributed by atoms with Gasteiger partial charge in [0, 0.05) is 23.7 Å². The maximum absolute atomic E-state index is 12.9. The molecule has 0 aliphatic heterocycles. The van der Waals surface area contributed by atoms with Crippen molar-refractivity contribution >= 4 is 23.5 Å². The van der Waals surface area contributed by atoms with E-state index in [0.29, 0.717) is 42.6 Å². The van der Waals surface area contributed by atoms with Crippen molar-refractivity contribution in [3.05, 3.63) is 52.7 Å². The second kappa shape index (κ2) is 10.7. The highest BCUT2D eigenvalue weighted by Gasteiger charge is 2.43. The van der Waals surface area contributed by atoms with E-state index in [4.69, 9.17) is 21.1 Å². The van der Waals surface area contributed by atoms with E-state index in [2.05, 4.69) is 17.2 Å². The largest absolute Gasteiger partial charge is 0.488 e. The topological polar surface area (TPSA) is 97.8 Å². The van der Waals surface area contributed by atoms with Crippen LogP contribution in [0.15, 0.2) is 36.5 Å². The minimum Gasteiger partial charge on any atom is -0.488 e. The van der Waals surface area contributed by atoms with Crippen LogP contribution in [0.5, 0.6) is 11.6 Å². The van der Waals surface area contributed by atoms with Gasteiger partial charge in [-0.15, -0.1) is 0 Å². The SMILES string of the molecule is CC[C@H]1CC[C@](NC(=O)c2cnc(OC)c(OCCc3cccc(Cl)c3)c2)(C(=O)O)CC1. The maximum atomic E-state index is 12.9. The van der Waals surface area contributed by atoms with Crippen LogP contribution in [0.1, 0.15) is 54.9 Å². The van der Waals surface area contributed by atoms with E-state index in [1.165, 1.54) is 19.4 Å². The summed E-state index contributed by atoms with van der Waals surface area (Å²) in [7, 11) is 1.47. The van der Waals surface area contributed by atoms with E-state index in [0.717, 1.165) is 24.8 Å². The number of carbonyl (C=O) groups excluding carboxylic acids is 1. The molecule has 0 radical (unpaired) electrons. The predicted octanol–water partition coefficient (Wildman–Crippen LogP) is 4.52. The molecular formula is C24H29ClN2O5. The summed E-state index contributed by atoms with van der Waals surface area (Å²) in [5.74, 6) is -0.413. The highest BCUT2D eigenvalue weighted by molar-refractivity contribution is 6.30. The van der Waals surface area contributed by atoms with Crippen molar-refractivity contribution < 1.29 is 24.2 Å². The molecule has 0 bridgehead atoms. The molecule has 7 nitrogen and oxygen atoms in total. The fourth-order valence-electron chi connectivity index (χ4n) is 4.04. The van der Waals surface area contributed by atoms with Crippen molar-refractivity contribution in [2.45, 2.75) is 51.0 Å². The third-order valence-corrected chi connectivity index (χ3v) is 6.34. The number of carboxylic acid groups (broad SMARTS) is 1. The maximum Gasteiger partial charge on any atom is 0.329 e. The number of pyridine rings is 1. The quantitative estimate of drug-likeness (QED) is 0.571. The Morgan fingerprint density at radius 1 is 1.28 bits per heavy atom. The van der Waals surface area contributed by atoms with Crippen LogP contribution in [0.2, 0.25) is 5.02 Å². The van der Waals surface area contributed by atoms with Crippen molar-refractivity contribution in [3.8, 4) is 11.6 Å². The monoisotopic (exact) mass is 460 g/mol. The van der Waals surface area contributed by atoms with E-state index < -0.39 is 17.4 Å². The minimum atomic E-state index is -1.25. The van der Waals surface area contributed by atoms with Gasteiger partial charge >= 0.3 is 5.97 Å². The zero-order valence-corrected chi connectivity index (χ0v) is 19.2. The summed E-state index contributed by atoms with van der Waals surface area (Å²) >= 11 is 6.02. The number of methoxy groups -OCH3 is 1. The summed E-state index contributed by atoms with van der Waals surface area (Å²) in [6, 6.07) is 9.03. The molecular weight excluding hydrogens is 432 g/mol. The molecule has 1 aliphatic carbocycles. The molecule has 1 saturated carbocycles. The van der Waals surface area contributed by atoms with Gasteiger partial charge < -0.3 is 19.9 Å². The lowest BCUT2D eigenvalue weighted by Gasteiger charge is -2.37. The van der Waals surface area contributed by atoms with E-state index in [1.807, 2.05) is 18.2 Å². The van der Waals surface area contributed by atoms with Crippen molar-refractivity contribution in [2.24, 2.45) is 5.92 Å². The van der Waals surface area contributed by atoms with Gasteiger partial charge in [0.05, 0.1) is 19.3 Å². The van der Waals surface area contributed by atoms with E-state index in [-0.39, 0.29) is 11.4 Å². The summed E-state index contributed by atoms with van der Waals surface area (Å²) < 4.78 is 11.1. The van der Waals surface area contributed by atoms with Crippen LogP contribution in [0.3, 0.4) is 0 Å². The molecule has 172 valence electrons. The van der Waals surface area contributed by atoms with Gasteiger partial charge in [-0.3, -0.25) is 4.79 Å². The second-order valence-electron chi connectivity index (χ2n) is 8.15. The first-order valence-electron chi connectivity index (χ1n) is 10.8.